The lowest BCUT2D eigenvalue weighted by Gasteiger charge is -2.44. The van der Waals surface area contributed by atoms with Crippen LogP contribution in [0.3, 0.4) is 0 Å². The summed E-state index contributed by atoms with van der Waals surface area (Å²) in [4.78, 5) is 0. The van der Waals surface area contributed by atoms with Crippen LogP contribution in [0, 0.1) is 29.1 Å². The zero-order chi connectivity index (χ0) is 23.0. The summed E-state index contributed by atoms with van der Waals surface area (Å²) in [6.07, 6.45) is 15.0. The van der Waals surface area contributed by atoms with Crippen molar-refractivity contribution in [3.05, 3.63) is 47.6 Å². The van der Waals surface area contributed by atoms with Gasteiger partial charge in [-0.2, -0.15) is 0 Å². The predicted octanol–water partition coefficient (Wildman–Crippen LogP) is 5.73. The lowest BCUT2D eigenvalue weighted by molar-refractivity contribution is 0.0436. The second-order valence-corrected chi connectivity index (χ2v) is 11.4. The maximum atomic E-state index is 10.3. The van der Waals surface area contributed by atoms with E-state index >= 15 is 0 Å². The Balaban J connectivity index is 1.76. The number of allylic oxidation sites excluding steroid dienone is 4. The minimum Gasteiger partial charge on any atom is -0.393 e. The smallest absolute Gasteiger partial charge is 0.0811 e. The molecule has 3 heteroatoms. The van der Waals surface area contributed by atoms with E-state index < -0.39 is 17.8 Å². The van der Waals surface area contributed by atoms with E-state index in [1.54, 1.807) is 0 Å². The van der Waals surface area contributed by atoms with Crippen molar-refractivity contribution in [2.75, 3.05) is 0 Å². The Labute approximate surface area is 189 Å². The molecule has 3 nitrogen and oxygen atoms in total. The highest BCUT2D eigenvalue weighted by Crippen LogP contribution is 2.59. The summed E-state index contributed by atoms with van der Waals surface area (Å²) < 4.78 is 0. The van der Waals surface area contributed by atoms with Crippen molar-refractivity contribution >= 4 is 0 Å². The van der Waals surface area contributed by atoms with E-state index in [0.717, 1.165) is 17.6 Å². The summed E-state index contributed by atoms with van der Waals surface area (Å²) in [7, 11) is 0. The largest absolute Gasteiger partial charge is 0.393 e. The van der Waals surface area contributed by atoms with E-state index in [1.165, 1.54) is 31.3 Å². The molecule has 0 aromatic carbocycles. The average Bonchev–Trinajstić information content (AvgIpc) is 3.04. The van der Waals surface area contributed by atoms with Crippen molar-refractivity contribution in [1.29, 1.82) is 0 Å². The van der Waals surface area contributed by atoms with Crippen LogP contribution in [0.5, 0.6) is 0 Å². The lowest BCUT2D eigenvalue weighted by atomic mass is 9.61. The van der Waals surface area contributed by atoms with E-state index in [1.807, 2.05) is 13.8 Å². The Morgan fingerprint density at radius 1 is 1.13 bits per heavy atom. The number of hydrogen-bond donors (Lipinski definition) is 3. The van der Waals surface area contributed by atoms with Gasteiger partial charge in [0.05, 0.1) is 17.8 Å². The maximum absolute atomic E-state index is 10.3. The topological polar surface area (TPSA) is 60.7 Å². The second kappa shape index (κ2) is 9.37. The monoisotopic (exact) mass is 428 g/mol. The molecule has 0 spiro atoms. The highest BCUT2D eigenvalue weighted by atomic mass is 16.3. The molecule has 0 radical (unpaired) electrons. The van der Waals surface area contributed by atoms with Gasteiger partial charge >= 0.3 is 0 Å². The van der Waals surface area contributed by atoms with E-state index in [4.69, 9.17) is 0 Å². The zero-order valence-corrected chi connectivity index (χ0v) is 20.3. The van der Waals surface area contributed by atoms with Crippen LogP contribution in [-0.2, 0) is 0 Å². The molecule has 3 N–H and O–H groups in total. The van der Waals surface area contributed by atoms with Gasteiger partial charge in [0.1, 0.15) is 0 Å². The fraction of sp³-hybridized carbons (Fsp3) is 0.714. The van der Waals surface area contributed by atoms with Crippen LogP contribution >= 0.6 is 0 Å². The predicted molar refractivity (Wildman–Crippen MR) is 128 cm³/mol. The van der Waals surface area contributed by atoms with Gasteiger partial charge in [-0.15, -0.1) is 0 Å². The van der Waals surface area contributed by atoms with Gasteiger partial charge in [-0.25, -0.2) is 0 Å². The molecular weight excluding hydrogens is 384 g/mol. The Bertz CT molecular complexity index is 753. The summed E-state index contributed by atoms with van der Waals surface area (Å²) in [5.74, 6) is 1.91. The first-order valence-electron chi connectivity index (χ1n) is 12.3. The Morgan fingerprint density at radius 3 is 2.52 bits per heavy atom. The minimum absolute atomic E-state index is 0.141. The summed E-state index contributed by atoms with van der Waals surface area (Å²) >= 11 is 0. The molecule has 7 atom stereocenters. The highest BCUT2D eigenvalue weighted by molar-refractivity contribution is 5.38. The molecule has 0 heterocycles. The molecule has 3 rings (SSSR count). The molecule has 31 heavy (non-hydrogen) atoms. The first-order valence-corrected chi connectivity index (χ1v) is 12.3. The van der Waals surface area contributed by atoms with Gasteiger partial charge in [-0.05, 0) is 86.7 Å². The Kier molecular flexibility index (Phi) is 7.40. The fourth-order valence-electron chi connectivity index (χ4n) is 6.32. The quantitative estimate of drug-likeness (QED) is 0.490. The lowest BCUT2D eigenvalue weighted by Crippen LogP contribution is -2.35. The van der Waals surface area contributed by atoms with E-state index in [-0.39, 0.29) is 5.92 Å². The molecular formula is C28H44O3. The molecule has 0 bridgehead atoms. The van der Waals surface area contributed by atoms with Crippen LogP contribution in [0.15, 0.2) is 47.6 Å². The molecule has 0 aliphatic heterocycles. The Morgan fingerprint density at radius 2 is 1.84 bits per heavy atom. The molecule has 0 amide bonds. The molecule has 1 unspecified atom stereocenters. The van der Waals surface area contributed by atoms with Crippen LogP contribution < -0.4 is 0 Å². The fourth-order valence-corrected chi connectivity index (χ4v) is 6.32. The Hall–Kier alpha value is -1.16. The van der Waals surface area contributed by atoms with Crippen molar-refractivity contribution in [2.24, 2.45) is 29.1 Å². The summed E-state index contributed by atoms with van der Waals surface area (Å²) in [5.41, 5.74) is 2.93. The molecule has 0 aromatic heterocycles. The van der Waals surface area contributed by atoms with E-state index in [9.17, 15) is 15.3 Å². The molecule has 3 aliphatic rings. The second-order valence-electron chi connectivity index (χ2n) is 11.4. The van der Waals surface area contributed by atoms with Gasteiger partial charge < -0.3 is 15.3 Å². The zero-order valence-electron chi connectivity index (χ0n) is 20.3. The van der Waals surface area contributed by atoms with E-state index in [2.05, 4.69) is 51.7 Å². The van der Waals surface area contributed by atoms with Gasteiger partial charge in [-0.3, -0.25) is 0 Å². The number of aliphatic hydroxyl groups excluding tert-OH is 2. The van der Waals surface area contributed by atoms with Crippen LogP contribution in [-0.4, -0.2) is 33.1 Å². The normalized spacial score (nSPS) is 39.3. The van der Waals surface area contributed by atoms with Crippen molar-refractivity contribution in [1.82, 2.24) is 0 Å². The van der Waals surface area contributed by atoms with Gasteiger partial charge in [0.2, 0.25) is 0 Å². The molecule has 174 valence electrons. The maximum Gasteiger partial charge on any atom is 0.0811 e. The third-order valence-electron chi connectivity index (χ3n) is 8.75. The standard InChI is InChI=1S/C28H44O3/c1-18(9-10-19(2)27(4,5)31)24-13-14-25-21(8-7-15-28(24,25)6)11-12-22-16-23(29)17-26(30)20(22)3/h9-12,18-19,23-26,29-31H,3,7-8,13-17H2,1-2,4-6H3/b10-9+,21-11+,22-12+/t18-,19+,23-,24-,25+,26?,28-/m1/s1. The average molecular weight is 429 g/mol. The van der Waals surface area contributed by atoms with Crippen LogP contribution in [0.4, 0.5) is 0 Å². The van der Waals surface area contributed by atoms with Crippen molar-refractivity contribution in [3.63, 3.8) is 0 Å². The van der Waals surface area contributed by atoms with Crippen LogP contribution in [0.2, 0.25) is 0 Å². The summed E-state index contributed by atoms with van der Waals surface area (Å²) in [5, 5.41) is 30.4. The van der Waals surface area contributed by atoms with Crippen LogP contribution in [0.25, 0.3) is 0 Å². The third-order valence-corrected chi connectivity index (χ3v) is 8.75. The van der Waals surface area contributed by atoms with Crippen molar-refractivity contribution in [3.8, 4) is 0 Å². The number of fused-ring (bicyclic) bond motifs is 1. The third kappa shape index (κ3) is 5.26. The molecule has 3 saturated carbocycles. The first kappa shape index (κ1) is 24.5. The number of rotatable bonds is 5. The molecule has 0 saturated heterocycles. The minimum atomic E-state index is -0.684. The van der Waals surface area contributed by atoms with Gasteiger partial charge in [0.15, 0.2) is 0 Å². The number of hydrogen-bond acceptors (Lipinski definition) is 3. The summed E-state index contributed by atoms with van der Waals surface area (Å²) in [6, 6.07) is 0. The van der Waals surface area contributed by atoms with Crippen molar-refractivity contribution in [2.45, 2.75) is 97.4 Å². The van der Waals surface area contributed by atoms with Crippen molar-refractivity contribution < 1.29 is 15.3 Å². The molecule has 3 aliphatic carbocycles. The van der Waals surface area contributed by atoms with Gasteiger partial charge in [0.25, 0.3) is 0 Å². The first-order chi connectivity index (χ1) is 14.4. The molecule has 3 fully saturated rings. The van der Waals surface area contributed by atoms with Gasteiger partial charge in [-0.1, -0.05) is 57.2 Å². The van der Waals surface area contributed by atoms with Gasteiger partial charge in [0, 0.05) is 12.3 Å². The molecule has 0 aromatic rings. The SMILES string of the molecule is C=C1/C(=C/C=C2\CCC[C@]3(C)[C@@H]([C@H](C)/C=C/[C@H](C)C(C)(C)O)CC[C@@H]23)C[C@@H](O)CC1O. The highest BCUT2D eigenvalue weighted by Gasteiger charge is 2.50. The van der Waals surface area contributed by atoms with E-state index in [0.29, 0.717) is 36.0 Å². The summed E-state index contributed by atoms with van der Waals surface area (Å²) in [6.45, 7) is 14.7. The van der Waals surface area contributed by atoms with Crippen LogP contribution in [0.1, 0.15) is 79.6 Å². The number of aliphatic hydroxyl groups is 3.